The van der Waals surface area contributed by atoms with Crippen molar-refractivity contribution in [3.05, 3.63) is 59.7 Å². The number of carboxylic acids is 1. The van der Waals surface area contributed by atoms with Crippen molar-refractivity contribution < 1.29 is 24.2 Å². The van der Waals surface area contributed by atoms with Gasteiger partial charge in [0, 0.05) is 17.3 Å². The Morgan fingerprint density at radius 2 is 1.68 bits per heavy atom. The number of urea groups is 1. The molecule has 0 aromatic heterocycles. The smallest absolute Gasteiger partial charge is 0.330 e. The van der Waals surface area contributed by atoms with E-state index >= 15 is 0 Å². The van der Waals surface area contributed by atoms with E-state index < -0.39 is 23.9 Å². The number of carboxylic acid groups (broad SMARTS) is 1. The van der Waals surface area contributed by atoms with E-state index in [-0.39, 0.29) is 11.6 Å². The van der Waals surface area contributed by atoms with Gasteiger partial charge in [0.2, 0.25) is 0 Å². The van der Waals surface area contributed by atoms with E-state index in [1.54, 1.807) is 36.4 Å². The van der Waals surface area contributed by atoms with Gasteiger partial charge in [0.25, 0.3) is 5.91 Å². The van der Waals surface area contributed by atoms with Crippen LogP contribution in [0.3, 0.4) is 0 Å². The molecule has 8 nitrogen and oxygen atoms in total. The molecular weight excluding hydrogens is 362 g/mol. The first-order valence-electron chi connectivity index (χ1n) is 8.65. The normalized spacial score (nSPS) is 11.4. The number of carbonyl (C=O) groups excluding carboxylic acids is 2. The minimum absolute atomic E-state index is 0.0349. The number of aliphatic carboxylic acids is 1. The molecule has 148 valence electrons. The molecule has 28 heavy (non-hydrogen) atoms. The number of amides is 3. The summed E-state index contributed by atoms with van der Waals surface area (Å²) < 4.78 is 5.05. The third kappa shape index (κ3) is 5.73. The van der Waals surface area contributed by atoms with Crippen molar-refractivity contribution >= 4 is 23.6 Å². The first-order valence-corrected chi connectivity index (χ1v) is 8.65. The van der Waals surface area contributed by atoms with E-state index in [1.807, 2.05) is 13.8 Å². The molecule has 0 bridgehead atoms. The second kappa shape index (κ2) is 9.40. The molecule has 2 rings (SSSR count). The van der Waals surface area contributed by atoms with Crippen LogP contribution in [-0.4, -0.2) is 36.2 Å². The molecule has 0 spiro atoms. The highest BCUT2D eigenvalue weighted by atomic mass is 16.5. The molecule has 2 aromatic carbocycles. The Bertz CT molecular complexity index is 849. The number of nitrogens with one attached hydrogen (secondary N) is 3. The Labute approximate surface area is 162 Å². The lowest BCUT2D eigenvalue weighted by atomic mass is 10.1. The van der Waals surface area contributed by atoms with Crippen molar-refractivity contribution in [1.82, 2.24) is 10.6 Å². The maximum absolute atomic E-state index is 12.5. The summed E-state index contributed by atoms with van der Waals surface area (Å²) in [7, 11) is 1.51. The number of benzene rings is 2. The van der Waals surface area contributed by atoms with Crippen LogP contribution < -0.4 is 20.7 Å². The number of methoxy groups -OCH3 is 1. The summed E-state index contributed by atoms with van der Waals surface area (Å²) in [6.45, 7) is 3.66. The Morgan fingerprint density at radius 1 is 1.00 bits per heavy atom. The van der Waals surface area contributed by atoms with Gasteiger partial charge in [-0.05, 0) is 49.7 Å². The standard InChI is InChI=1S/C20H23N3O5/c1-12(2)21-20(27)22-15-6-4-5-14(11-15)18(24)23-17(19(25)26)13-7-9-16(28-3)10-8-13/h4-12,17H,1-3H3,(H,23,24)(H,25,26)(H2,21,22,27). The molecule has 0 saturated carbocycles. The third-order valence-corrected chi connectivity index (χ3v) is 3.77. The molecule has 1 unspecified atom stereocenters. The van der Waals surface area contributed by atoms with Crippen LogP contribution in [0.1, 0.15) is 35.8 Å². The van der Waals surface area contributed by atoms with E-state index in [9.17, 15) is 19.5 Å². The van der Waals surface area contributed by atoms with Crippen molar-refractivity contribution in [2.24, 2.45) is 0 Å². The van der Waals surface area contributed by atoms with Crippen LogP contribution in [0, 0.1) is 0 Å². The summed E-state index contributed by atoms with van der Waals surface area (Å²) in [5, 5.41) is 17.3. The average Bonchev–Trinajstić information content (AvgIpc) is 2.65. The zero-order valence-electron chi connectivity index (χ0n) is 15.9. The van der Waals surface area contributed by atoms with Gasteiger partial charge in [0.15, 0.2) is 6.04 Å². The molecule has 0 fully saturated rings. The fourth-order valence-corrected chi connectivity index (χ4v) is 2.47. The number of hydrogen-bond acceptors (Lipinski definition) is 4. The molecule has 0 radical (unpaired) electrons. The molecule has 4 N–H and O–H groups in total. The van der Waals surface area contributed by atoms with Gasteiger partial charge in [0.05, 0.1) is 7.11 Å². The number of anilines is 1. The maximum Gasteiger partial charge on any atom is 0.330 e. The van der Waals surface area contributed by atoms with Crippen LogP contribution in [0.4, 0.5) is 10.5 Å². The zero-order chi connectivity index (χ0) is 20.7. The van der Waals surface area contributed by atoms with E-state index in [1.165, 1.54) is 19.2 Å². The highest BCUT2D eigenvalue weighted by Gasteiger charge is 2.23. The molecule has 0 heterocycles. The topological polar surface area (TPSA) is 117 Å². The second-order valence-corrected chi connectivity index (χ2v) is 6.35. The first kappa shape index (κ1) is 20.8. The van der Waals surface area contributed by atoms with E-state index in [0.717, 1.165) is 0 Å². The molecule has 0 aliphatic rings. The number of rotatable bonds is 7. The Hall–Kier alpha value is -3.55. The van der Waals surface area contributed by atoms with Crippen LogP contribution in [-0.2, 0) is 4.79 Å². The molecule has 3 amide bonds. The molecule has 0 aliphatic carbocycles. The lowest BCUT2D eigenvalue weighted by Crippen LogP contribution is -2.35. The summed E-state index contributed by atoms with van der Waals surface area (Å²) in [5.41, 5.74) is 1.05. The van der Waals surface area contributed by atoms with Gasteiger partial charge in [0.1, 0.15) is 5.75 Å². The molecule has 1 atom stereocenters. The number of carbonyl (C=O) groups is 3. The predicted octanol–water partition coefficient (Wildman–Crippen LogP) is 2.78. The number of ether oxygens (including phenoxy) is 1. The van der Waals surface area contributed by atoms with Crippen LogP contribution in [0.15, 0.2) is 48.5 Å². The van der Waals surface area contributed by atoms with Crippen molar-refractivity contribution in [3.8, 4) is 5.75 Å². The molecular formula is C20H23N3O5. The zero-order valence-corrected chi connectivity index (χ0v) is 15.9. The SMILES string of the molecule is COc1ccc(C(NC(=O)c2cccc(NC(=O)NC(C)C)c2)C(=O)O)cc1. The molecule has 8 heteroatoms. The molecule has 0 saturated heterocycles. The fraction of sp³-hybridized carbons (Fsp3) is 0.250. The summed E-state index contributed by atoms with van der Waals surface area (Å²) in [5.74, 6) is -1.18. The fourth-order valence-electron chi connectivity index (χ4n) is 2.47. The lowest BCUT2D eigenvalue weighted by molar-refractivity contribution is -0.139. The maximum atomic E-state index is 12.5. The van der Waals surface area contributed by atoms with Gasteiger partial charge >= 0.3 is 12.0 Å². The Morgan fingerprint density at radius 3 is 2.25 bits per heavy atom. The van der Waals surface area contributed by atoms with E-state index in [4.69, 9.17) is 4.74 Å². The molecule has 0 aliphatic heterocycles. The number of hydrogen-bond donors (Lipinski definition) is 4. The van der Waals surface area contributed by atoms with Gasteiger partial charge in [-0.15, -0.1) is 0 Å². The monoisotopic (exact) mass is 385 g/mol. The van der Waals surface area contributed by atoms with Crippen LogP contribution in [0.25, 0.3) is 0 Å². The predicted molar refractivity (Wildman–Crippen MR) is 105 cm³/mol. The summed E-state index contributed by atoms with van der Waals surface area (Å²) >= 11 is 0. The van der Waals surface area contributed by atoms with E-state index in [0.29, 0.717) is 17.0 Å². The summed E-state index contributed by atoms with van der Waals surface area (Å²) in [6, 6.07) is 11.0. The van der Waals surface area contributed by atoms with Gasteiger partial charge < -0.3 is 25.8 Å². The van der Waals surface area contributed by atoms with Crippen molar-refractivity contribution in [2.75, 3.05) is 12.4 Å². The van der Waals surface area contributed by atoms with Gasteiger partial charge in [-0.1, -0.05) is 18.2 Å². The van der Waals surface area contributed by atoms with Gasteiger partial charge in [-0.3, -0.25) is 4.79 Å². The quantitative estimate of drug-likeness (QED) is 0.585. The van der Waals surface area contributed by atoms with Gasteiger partial charge in [-0.2, -0.15) is 0 Å². The van der Waals surface area contributed by atoms with Crippen LogP contribution in [0.5, 0.6) is 5.75 Å². The van der Waals surface area contributed by atoms with Crippen molar-refractivity contribution in [1.29, 1.82) is 0 Å². The van der Waals surface area contributed by atoms with E-state index in [2.05, 4.69) is 16.0 Å². The minimum Gasteiger partial charge on any atom is -0.497 e. The third-order valence-electron chi connectivity index (χ3n) is 3.77. The average molecular weight is 385 g/mol. The van der Waals surface area contributed by atoms with Gasteiger partial charge in [-0.25, -0.2) is 9.59 Å². The Balaban J connectivity index is 2.14. The van der Waals surface area contributed by atoms with Crippen molar-refractivity contribution in [3.63, 3.8) is 0 Å². The van der Waals surface area contributed by atoms with Crippen molar-refractivity contribution in [2.45, 2.75) is 25.9 Å². The highest BCUT2D eigenvalue weighted by Crippen LogP contribution is 2.19. The summed E-state index contributed by atoms with van der Waals surface area (Å²) in [4.78, 5) is 36.0. The second-order valence-electron chi connectivity index (χ2n) is 6.35. The Kier molecular flexibility index (Phi) is 6.97. The summed E-state index contributed by atoms with van der Waals surface area (Å²) in [6.07, 6.45) is 0. The highest BCUT2D eigenvalue weighted by molar-refractivity contribution is 5.98. The van der Waals surface area contributed by atoms with Crippen LogP contribution >= 0.6 is 0 Å². The minimum atomic E-state index is -1.22. The molecule has 2 aromatic rings. The largest absolute Gasteiger partial charge is 0.497 e. The van der Waals surface area contributed by atoms with Crippen LogP contribution in [0.2, 0.25) is 0 Å². The lowest BCUT2D eigenvalue weighted by Gasteiger charge is -2.16. The first-order chi connectivity index (χ1) is 13.3.